The van der Waals surface area contributed by atoms with E-state index in [9.17, 15) is 4.79 Å². The number of nitrogens with one attached hydrogen (secondary N) is 1. The van der Waals surface area contributed by atoms with Gasteiger partial charge in [-0.1, -0.05) is 26.8 Å². The molecule has 0 atom stereocenters. The van der Waals surface area contributed by atoms with Crippen LogP contribution < -0.4 is 25.4 Å². The summed E-state index contributed by atoms with van der Waals surface area (Å²) >= 11 is 0. The van der Waals surface area contributed by atoms with Crippen LogP contribution in [0.2, 0.25) is 0 Å². The zero-order valence-corrected chi connectivity index (χ0v) is 22.6. The number of hydrazone groups is 1. The van der Waals surface area contributed by atoms with E-state index in [1.165, 1.54) is 0 Å². The number of ether oxygens (including phenoxy) is 3. The lowest BCUT2D eigenvalue weighted by atomic mass is 9.87. The Morgan fingerprint density at radius 2 is 1.75 bits per heavy atom. The van der Waals surface area contributed by atoms with Crippen molar-refractivity contribution in [2.75, 3.05) is 46.8 Å². The molecule has 0 aliphatic carbocycles. The van der Waals surface area contributed by atoms with E-state index < -0.39 is 5.91 Å². The first-order chi connectivity index (χ1) is 17.0. The predicted octanol–water partition coefficient (Wildman–Crippen LogP) is 4.38. The van der Waals surface area contributed by atoms with Crippen molar-refractivity contribution >= 4 is 28.7 Å². The Morgan fingerprint density at radius 1 is 1.06 bits per heavy atom. The normalized spacial score (nSPS) is 12.5. The molecule has 0 heterocycles. The number of aliphatic imine (C=N–C) groups is 1. The second-order valence-corrected chi connectivity index (χ2v) is 9.63. The van der Waals surface area contributed by atoms with E-state index in [-0.39, 0.29) is 11.1 Å². The van der Waals surface area contributed by atoms with Crippen molar-refractivity contribution in [2.45, 2.75) is 39.5 Å². The molecule has 196 valence electrons. The van der Waals surface area contributed by atoms with Crippen LogP contribution in [0.3, 0.4) is 0 Å². The van der Waals surface area contributed by atoms with Crippen LogP contribution in [0.15, 0.2) is 46.5 Å². The number of nitrogens with zero attached hydrogens (tertiary/aromatic N) is 3. The van der Waals surface area contributed by atoms with E-state index in [0.717, 1.165) is 18.5 Å². The van der Waals surface area contributed by atoms with Gasteiger partial charge in [-0.3, -0.25) is 4.79 Å². The van der Waals surface area contributed by atoms with E-state index in [0.29, 0.717) is 40.9 Å². The monoisotopic (exact) mass is 497 g/mol. The number of carbonyl (C=O) groups excluding carboxylic acids is 1. The maximum atomic E-state index is 13.3. The molecule has 9 nitrogen and oxygen atoms in total. The molecule has 2 aromatic carbocycles. The summed E-state index contributed by atoms with van der Waals surface area (Å²) in [6.45, 7) is 9.40. The lowest BCUT2D eigenvalue weighted by Gasteiger charge is -2.22. The third kappa shape index (κ3) is 7.98. The molecule has 0 spiro atoms. The summed E-state index contributed by atoms with van der Waals surface area (Å²) in [6, 6.07) is 11.0. The lowest BCUT2D eigenvalue weighted by Crippen LogP contribution is -2.30. The van der Waals surface area contributed by atoms with Gasteiger partial charge < -0.3 is 30.3 Å². The molecule has 0 unspecified atom stereocenters. The van der Waals surface area contributed by atoms with Crippen LogP contribution in [0.5, 0.6) is 17.2 Å². The summed E-state index contributed by atoms with van der Waals surface area (Å²) in [5.74, 6) is 6.84. The Labute approximate surface area is 214 Å². The number of methoxy groups -OCH3 is 2. The van der Waals surface area contributed by atoms with Gasteiger partial charge in [-0.2, -0.15) is 5.10 Å². The molecule has 0 fully saturated rings. The molecule has 0 aromatic heterocycles. The fourth-order valence-corrected chi connectivity index (χ4v) is 3.40. The van der Waals surface area contributed by atoms with Crippen LogP contribution in [0.1, 0.15) is 39.7 Å². The minimum Gasteiger partial charge on any atom is -0.497 e. The Kier molecular flexibility index (Phi) is 10.3. The first-order valence-corrected chi connectivity index (χ1v) is 11.8. The average Bonchev–Trinajstić information content (AvgIpc) is 2.82. The molecule has 9 heteroatoms. The van der Waals surface area contributed by atoms with Gasteiger partial charge in [0.25, 0.3) is 5.91 Å². The highest BCUT2D eigenvalue weighted by Crippen LogP contribution is 2.33. The zero-order valence-electron chi connectivity index (χ0n) is 22.6. The molecular formula is C27H39N5O4. The van der Waals surface area contributed by atoms with Gasteiger partial charge in [-0.15, -0.1) is 0 Å². The van der Waals surface area contributed by atoms with Crippen LogP contribution in [0.25, 0.3) is 0 Å². The van der Waals surface area contributed by atoms with E-state index in [1.54, 1.807) is 39.3 Å². The highest BCUT2D eigenvalue weighted by molar-refractivity contribution is 6.68. The molecule has 0 saturated carbocycles. The summed E-state index contributed by atoms with van der Waals surface area (Å²) < 4.78 is 16.7. The predicted molar refractivity (Wildman–Crippen MR) is 146 cm³/mol. The van der Waals surface area contributed by atoms with E-state index in [4.69, 9.17) is 20.1 Å². The maximum Gasteiger partial charge on any atom is 0.278 e. The molecule has 0 aliphatic rings. The second-order valence-electron chi connectivity index (χ2n) is 9.63. The Morgan fingerprint density at radius 3 is 2.33 bits per heavy atom. The van der Waals surface area contributed by atoms with Crippen molar-refractivity contribution in [1.82, 2.24) is 4.90 Å². The first kappa shape index (κ1) is 28.6. The van der Waals surface area contributed by atoms with Crippen LogP contribution in [0, 0.1) is 0 Å². The van der Waals surface area contributed by atoms with Gasteiger partial charge in [0.2, 0.25) is 0 Å². The standard InChI is InChI=1S/C27H39N5O4/c1-18(29-22-17-20(34-7)11-13-23(22)35-8)25(31-28)26(33)30-21-16-19(27(2,3)4)10-12-24(21)36-15-9-14-32(5)6/h10-13,16-17H,9,14-15,28H2,1-8H3,(H,30,33)/b29-18?,31-25+. The molecule has 2 rings (SSSR count). The number of hydrogen-bond donors (Lipinski definition) is 2. The molecule has 3 N–H and O–H groups in total. The summed E-state index contributed by atoms with van der Waals surface area (Å²) in [4.78, 5) is 19.9. The number of anilines is 1. The fraction of sp³-hybridized carbons (Fsp3) is 0.444. The van der Waals surface area contributed by atoms with Gasteiger partial charge in [0.15, 0.2) is 5.71 Å². The largest absolute Gasteiger partial charge is 0.497 e. The van der Waals surface area contributed by atoms with Crippen molar-refractivity contribution in [2.24, 2.45) is 15.9 Å². The SMILES string of the molecule is COc1ccc(OC)c(N=C(C)/C(=N\N)C(=O)Nc2cc(C(C)(C)C)ccc2OCCCN(C)C)c1. The Bertz CT molecular complexity index is 1100. The maximum absolute atomic E-state index is 13.3. The molecule has 36 heavy (non-hydrogen) atoms. The van der Waals surface area contributed by atoms with E-state index in [2.05, 4.69) is 41.1 Å². The number of carbonyl (C=O) groups is 1. The Hall–Kier alpha value is -3.59. The average molecular weight is 498 g/mol. The number of rotatable bonds is 11. The third-order valence-corrected chi connectivity index (χ3v) is 5.46. The van der Waals surface area contributed by atoms with Crippen molar-refractivity contribution in [3.63, 3.8) is 0 Å². The summed E-state index contributed by atoms with van der Waals surface area (Å²) in [5, 5.41) is 6.65. The molecule has 0 saturated heterocycles. The Balaban J connectivity index is 2.34. The molecule has 2 aromatic rings. The van der Waals surface area contributed by atoms with Crippen LogP contribution in [0.4, 0.5) is 11.4 Å². The summed E-state index contributed by atoms with van der Waals surface area (Å²) in [5.41, 5.74) is 2.28. The first-order valence-electron chi connectivity index (χ1n) is 11.8. The fourth-order valence-electron chi connectivity index (χ4n) is 3.40. The summed E-state index contributed by atoms with van der Waals surface area (Å²) in [7, 11) is 7.14. The smallest absolute Gasteiger partial charge is 0.278 e. The molecule has 0 aliphatic heterocycles. The van der Waals surface area contributed by atoms with Gasteiger partial charge in [-0.05, 0) is 62.7 Å². The zero-order chi connectivity index (χ0) is 26.9. The minimum absolute atomic E-state index is 0.0143. The number of hydrogen-bond acceptors (Lipinski definition) is 8. The van der Waals surface area contributed by atoms with Crippen molar-refractivity contribution in [1.29, 1.82) is 0 Å². The molecular weight excluding hydrogens is 458 g/mol. The quantitative estimate of drug-likeness (QED) is 0.206. The number of benzene rings is 2. The van der Waals surface area contributed by atoms with Gasteiger partial charge in [0.1, 0.15) is 22.9 Å². The van der Waals surface area contributed by atoms with Crippen molar-refractivity contribution < 1.29 is 19.0 Å². The minimum atomic E-state index is -0.496. The van der Waals surface area contributed by atoms with E-state index >= 15 is 0 Å². The van der Waals surface area contributed by atoms with Crippen LogP contribution >= 0.6 is 0 Å². The third-order valence-electron chi connectivity index (χ3n) is 5.46. The van der Waals surface area contributed by atoms with Crippen molar-refractivity contribution in [3.05, 3.63) is 42.0 Å². The molecule has 0 radical (unpaired) electrons. The van der Waals surface area contributed by atoms with Crippen LogP contribution in [-0.2, 0) is 10.2 Å². The van der Waals surface area contributed by atoms with E-state index in [1.807, 2.05) is 32.3 Å². The highest BCUT2D eigenvalue weighted by Gasteiger charge is 2.21. The number of nitrogens with two attached hydrogens (primary N) is 1. The van der Waals surface area contributed by atoms with Gasteiger partial charge in [0, 0.05) is 12.6 Å². The van der Waals surface area contributed by atoms with Gasteiger partial charge in [-0.25, -0.2) is 4.99 Å². The van der Waals surface area contributed by atoms with Crippen molar-refractivity contribution in [3.8, 4) is 17.2 Å². The number of amides is 1. The van der Waals surface area contributed by atoms with Crippen LogP contribution in [-0.4, -0.2) is 63.7 Å². The second kappa shape index (κ2) is 12.9. The van der Waals surface area contributed by atoms with Gasteiger partial charge in [0.05, 0.1) is 32.2 Å². The lowest BCUT2D eigenvalue weighted by molar-refractivity contribution is -0.110. The van der Waals surface area contributed by atoms with Gasteiger partial charge >= 0.3 is 0 Å². The molecule has 1 amide bonds. The highest BCUT2D eigenvalue weighted by atomic mass is 16.5. The topological polar surface area (TPSA) is 111 Å². The summed E-state index contributed by atoms with van der Waals surface area (Å²) in [6.07, 6.45) is 0.852. The molecule has 0 bridgehead atoms.